The van der Waals surface area contributed by atoms with Gasteiger partial charge < -0.3 is 9.84 Å². The molecule has 2 aliphatic heterocycles. The van der Waals surface area contributed by atoms with Gasteiger partial charge in [-0.05, 0) is 49.7 Å². The van der Waals surface area contributed by atoms with Crippen LogP contribution >= 0.6 is 0 Å². The van der Waals surface area contributed by atoms with E-state index in [1.54, 1.807) is 18.2 Å². The molecule has 0 bridgehead atoms. The SMILES string of the molecule is O=C1/C(=C\C=C\c2ccccc2)Oc2c1ccc(O)c2CN1CCCC1. The van der Waals surface area contributed by atoms with E-state index < -0.39 is 0 Å². The fourth-order valence-electron chi connectivity index (χ4n) is 3.44. The molecule has 0 amide bonds. The third-order valence-corrected chi connectivity index (χ3v) is 4.83. The fourth-order valence-corrected chi connectivity index (χ4v) is 3.44. The van der Waals surface area contributed by atoms with E-state index in [2.05, 4.69) is 4.90 Å². The van der Waals surface area contributed by atoms with Gasteiger partial charge in [-0.3, -0.25) is 9.69 Å². The van der Waals surface area contributed by atoms with Gasteiger partial charge in [0, 0.05) is 6.54 Å². The molecule has 0 atom stereocenters. The Balaban J connectivity index is 1.58. The van der Waals surface area contributed by atoms with Gasteiger partial charge in [0.2, 0.25) is 5.78 Å². The van der Waals surface area contributed by atoms with E-state index in [9.17, 15) is 9.90 Å². The number of aromatic hydroxyl groups is 1. The van der Waals surface area contributed by atoms with Crippen LogP contribution in [0.2, 0.25) is 0 Å². The van der Waals surface area contributed by atoms with Crippen molar-refractivity contribution in [2.75, 3.05) is 13.1 Å². The van der Waals surface area contributed by atoms with Crippen molar-refractivity contribution in [1.82, 2.24) is 4.90 Å². The van der Waals surface area contributed by atoms with Gasteiger partial charge in [-0.25, -0.2) is 0 Å². The lowest BCUT2D eigenvalue weighted by Gasteiger charge is -2.17. The van der Waals surface area contributed by atoms with Crippen molar-refractivity contribution in [3.8, 4) is 11.5 Å². The van der Waals surface area contributed by atoms with Gasteiger partial charge in [0.05, 0.1) is 11.1 Å². The Hall–Kier alpha value is -2.85. The Morgan fingerprint density at radius 3 is 2.62 bits per heavy atom. The van der Waals surface area contributed by atoms with Gasteiger partial charge in [-0.2, -0.15) is 0 Å². The largest absolute Gasteiger partial charge is 0.507 e. The maximum absolute atomic E-state index is 12.6. The predicted octanol–water partition coefficient (Wildman–Crippen LogP) is 4.16. The van der Waals surface area contributed by atoms with Gasteiger partial charge in [-0.1, -0.05) is 42.5 Å². The number of phenols is 1. The highest BCUT2D eigenvalue weighted by Crippen LogP contribution is 2.40. The van der Waals surface area contributed by atoms with E-state index in [1.807, 2.05) is 42.5 Å². The highest BCUT2D eigenvalue weighted by Gasteiger charge is 2.31. The zero-order valence-corrected chi connectivity index (χ0v) is 14.5. The summed E-state index contributed by atoms with van der Waals surface area (Å²) in [5.41, 5.74) is 2.28. The van der Waals surface area contributed by atoms with Gasteiger partial charge in [0.1, 0.15) is 11.5 Å². The minimum absolute atomic E-state index is 0.139. The van der Waals surface area contributed by atoms with Crippen molar-refractivity contribution in [2.24, 2.45) is 0 Å². The molecule has 0 saturated carbocycles. The number of ketones is 1. The van der Waals surface area contributed by atoms with Crippen molar-refractivity contribution in [1.29, 1.82) is 0 Å². The second-order valence-corrected chi connectivity index (χ2v) is 6.66. The Labute approximate surface area is 153 Å². The number of allylic oxidation sites excluding steroid dienone is 3. The van der Waals surface area contributed by atoms with Gasteiger partial charge in [0.25, 0.3) is 0 Å². The second-order valence-electron chi connectivity index (χ2n) is 6.66. The van der Waals surface area contributed by atoms with E-state index in [0.29, 0.717) is 29.2 Å². The van der Waals surface area contributed by atoms with Crippen LogP contribution in [0, 0.1) is 0 Å². The molecule has 2 aliphatic rings. The number of benzene rings is 2. The first-order valence-corrected chi connectivity index (χ1v) is 8.95. The Kier molecular flexibility index (Phi) is 4.59. The molecule has 0 aliphatic carbocycles. The molecule has 0 aromatic heterocycles. The minimum Gasteiger partial charge on any atom is -0.507 e. The number of fused-ring (bicyclic) bond motifs is 1. The van der Waals surface area contributed by atoms with Gasteiger partial charge in [-0.15, -0.1) is 0 Å². The molecule has 26 heavy (non-hydrogen) atoms. The molecule has 2 aromatic rings. The lowest BCUT2D eigenvalue weighted by Crippen LogP contribution is -2.18. The smallest absolute Gasteiger partial charge is 0.231 e. The standard InChI is InChI=1S/C22H21NO3/c24-19-12-11-17-21(25)20(10-6-9-16-7-2-1-3-8-16)26-22(17)18(19)15-23-13-4-5-14-23/h1-3,6-12,24H,4-5,13-15H2/b9-6+,20-10+. The molecular formula is C22H21NO3. The Morgan fingerprint density at radius 1 is 1.08 bits per heavy atom. The topological polar surface area (TPSA) is 49.8 Å². The molecule has 1 saturated heterocycles. The van der Waals surface area contributed by atoms with E-state index >= 15 is 0 Å². The number of phenolic OH excluding ortho intramolecular Hbond substituents is 1. The van der Waals surface area contributed by atoms with Crippen LogP contribution in [-0.4, -0.2) is 28.9 Å². The number of ether oxygens (including phenoxy) is 1. The summed E-state index contributed by atoms with van der Waals surface area (Å²) < 4.78 is 5.85. The van der Waals surface area contributed by atoms with Crippen molar-refractivity contribution in [2.45, 2.75) is 19.4 Å². The average molecular weight is 347 g/mol. The number of hydrogen-bond acceptors (Lipinski definition) is 4. The zero-order valence-electron chi connectivity index (χ0n) is 14.5. The van der Waals surface area contributed by atoms with Crippen LogP contribution < -0.4 is 4.74 Å². The van der Waals surface area contributed by atoms with E-state index in [0.717, 1.165) is 18.7 Å². The summed E-state index contributed by atoms with van der Waals surface area (Å²) in [7, 11) is 0. The summed E-state index contributed by atoms with van der Waals surface area (Å²) in [5, 5.41) is 10.3. The number of rotatable bonds is 4. The average Bonchev–Trinajstić information content (AvgIpc) is 3.27. The van der Waals surface area contributed by atoms with Crippen LogP contribution in [0.4, 0.5) is 0 Å². The molecular weight excluding hydrogens is 326 g/mol. The number of hydrogen-bond donors (Lipinski definition) is 1. The number of nitrogens with zero attached hydrogens (tertiary/aromatic N) is 1. The molecule has 0 radical (unpaired) electrons. The van der Waals surface area contributed by atoms with E-state index in [-0.39, 0.29) is 11.5 Å². The van der Waals surface area contributed by atoms with E-state index in [4.69, 9.17) is 4.74 Å². The molecule has 2 aromatic carbocycles. The first kappa shape index (κ1) is 16.6. The predicted molar refractivity (Wildman–Crippen MR) is 101 cm³/mol. The summed E-state index contributed by atoms with van der Waals surface area (Å²) in [4.78, 5) is 14.9. The fraction of sp³-hybridized carbons (Fsp3) is 0.227. The third kappa shape index (κ3) is 3.28. The van der Waals surface area contributed by atoms with Crippen LogP contribution in [0.3, 0.4) is 0 Å². The lowest BCUT2D eigenvalue weighted by atomic mass is 10.0. The Morgan fingerprint density at radius 2 is 1.85 bits per heavy atom. The van der Waals surface area contributed by atoms with Crippen molar-refractivity contribution >= 4 is 11.9 Å². The number of carbonyl (C=O) groups is 1. The number of carbonyl (C=O) groups excluding carboxylic acids is 1. The van der Waals surface area contributed by atoms with Crippen LogP contribution in [0.1, 0.15) is 34.3 Å². The molecule has 0 spiro atoms. The summed E-state index contributed by atoms with van der Waals surface area (Å²) in [5.74, 6) is 0.839. The summed E-state index contributed by atoms with van der Waals surface area (Å²) in [6, 6.07) is 13.1. The highest BCUT2D eigenvalue weighted by atomic mass is 16.5. The molecule has 0 unspecified atom stereocenters. The highest BCUT2D eigenvalue weighted by molar-refractivity contribution is 6.12. The van der Waals surface area contributed by atoms with Crippen LogP contribution in [0.25, 0.3) is 6.08 Å². The lowest BCUT2D eigenvalue weighted by molar-refractivity contribution is 0.101. The van der Waals surface area contributed by atoms with Crippen LogP contribution in [0.5, 0.6) is 11.5 Å². The summed E-state index contributed by atoms with van der Waals surface area (Å²) >= 11 is 0. The summed E-state index contributed by atoms with van der Waals surface area (Å²) in [6.07, 6.45) is 7.77. The minimum atomic E-state index is -0.139. The quantitative estimate of drug-likeness (QED) is 0.844. The van der Waals surface area contributed by atoms with Gasteiger partial charge >= 0.3 is 0 Å². The normalized spacial score (nSPS) is 18.6. The monoisotopic (exact) mass is 347 g/mol. The maximum Gasteiger partial charge on any atom is 0.231 e. The maximum atomic E-state index is 12.6. The van der Waals surface area contributed by atoms with Crippen molar-refractivity contribution in [3.05, 3.63) is 77.1 Å². The van der Waals surface area contributed by atoms with E-state index in [1.165, 1.54) is 12.8 Å². The zero-order chi connectivity index (χ0) is 17.9. The molecule has 1 fully saturated rings. The van der Waals surface area contributed by atoms with Crippen LogP contribution in [0.15, 0.2) is 60.4 Å². The third-order valence-electron chi connectivity index (χ3n) is 4.83. The number of likely N-dealkylation sites (tertiary alicyclic amines) is 1. The molecule has 132 valence electrons. The van der Waals surface area contributed by atoms with Crippen molar-refractivity contribution < 1.29 is 14.6 Å². The molecule has 1 N–H and O–H groups in total. The second kappa shape index (κ2) is 7.18. The molecule has 2 heterocycles. The molecule has 4 heteroatoms. The summed E-state index contributed by atoms with van der Waals surface area (Å²) in [6.45, 7) is 2.63. The van der Waals surface area contributed by atoms with Gasteiger partial charge in [0.15, 0.2) is 5.76 Å². The first-order valence-electron chi connectivity index (χ1n) is 8.95. The number of Topliss-reactive ketones (excluding diaryl/α,β-unsaturated/α-hetero) is 1. The van der Waals surface area contributed by atoms with Crippen LogP contribution in [-0.2, 0) is 6.54 Å². The molecule has 4 nitrogen and oxygen atoms in total. The Bertz CT molecular complexity index is 878. The molecule has 4 rings (SSSR count). The first-order chi connectivity index (χ1) is 12.7. The van der Waals surface area contributed by atoms with Crippen molar-refractivity contribution in [3.63, 3.8) is 0 Å².